The third-order valence-corrected chi connectivity index (χ3v) is 7.67. The van der Waals surface area contributed by atoms with Crippen molar-refractivity contribution in [3.8, 4) is 5.75 Å². The van der Waals surface area contributed by atoms with Crippen molar-refractivity contribution in [3.63, 3.8) is 0 Å². The minimum atomic E-state index is -0.334. The van der Waals surface area contributed by atoms with Gasteiger partial charge in [-0.15, -0.1) is 0 Å². The third-order valence-electron chi connectivity index (χ3n) is 7.14. The fourth-order valence-electron chi connectivity index (χ4n) is 5.11. The molecule has 35 heavy (non-hydrogen) atoms. The maximum Gasteiger partial charge on any atom is 0.323 e. The number of carbonyl (C=O) groups excluding carboxylic acids is 1. The molecule has 0 amide bonds. The van der Waals surface area contributed by atoms with Crippen molar-refractivity contribution < 1.29 is 18.7 Å². The van der Waals surface area contributed by atoms with Gasteiger partial charge < -0.3 is 14.4 Å². The number of halogens is 3. The van der Waals surface area contributed by atoms with Crippen LogP contribution >= 0.6 is 23.2 Å². The molecular weight excluding hydrogens is 490 g/mol. The summed E-state index contributed by atoms with van der Waals surface area (Å²) >= 11 is 12.2. The number of hydrogen-bond donors (Lipinski definition) is 0. The second-order valence-corrected chi connectivity index (χ2v) is 10.4. The van der Waals surface area contributed by atoms with Gasteiger partial charge in [0.25, 0.3) is 0 Å². The van der Waals surface area contributed by atoms with Crippen LogP contribution in [0, 0.1) is 11.7 Å². The highest BCUT2D eigenvalue weighted by molar-refractivity contribution is 6.35. The molecule has 0 spiro atoms. The highest BCUT2D eigenvalue weighted by Crippen LogP contribution is 2.30. The maximum atomic E-state index is 13.3. The van der Waals surface area contributed by atoms with Gasteiger partial charge in [0.15, 0.2) is 0 Å². The van der Waals surface area contributed by atoms with E-state index in [-0.39, 0.29) is 23.9 Å². The van der Waals surface area contributed by atoms with Crippen molar-refractivity contribution in [1.29, 1.82) is 0 Å². The van der Waals surface area contributed by atoms with Gasteiger partial charge in [-0.25, -0.2) is 4.39 Å². The number of nitrogens with zero attached hydrogens (tertiary/aromatic N) is 2. The quantitative estimate of drug-likeness (QED) is 0.430. The maximum absolute atomic E-state index is 13.3. The molecule has 4 rings (SSSR count). The van der Waals surface area contributed by atoms with Gasteiger partial charge in [0.1, 0.15) is 23.7 Å². The second kappa shape index (κ2) is 12.4. The molecule has 2 fully saturated rings. The van der Waals surface area contributed by atoms with E-state index in [1.54, 1.807) is 24.3 Å². The molecule has 2 aliphatic heterocycles. The number of rotatable bonds is 8. The number of likely N-dealkylation sites (tertiary alicyclic amines) is 2. The van der Waals surface area contributed by atoms with E-state index >= 15 is 0 Å². The van der Waals surface area contributed by atoms with E-state index in [0.717, 1.165) is 64.0 Å². The molecule has 0 N–H and O–H groups in total. The van der Waals surface area contributed by atoms with Gasteiger partial charge in [-0.1, -0.05) is 35.3 Å². The van der Waals surface area contributed by atoms with Crippen LogP contribution < -0.4 is 4.74 Å². The van der Waals surface area contributed by atoms with Crippen LogP contribution in [0.2, 0.25) is 10.0 Å². The second-order valence-electron chi connectivity index (χ2n) is 9.54. The van der Waals surface area contributed by atoms with E-state index in [2.05, 4.69) is 9.80 Å². The predicted molar refractivity (Wildman–Crippen MR) is 137 cm³/mol. The fraction of sp³-hybridized carbons (Fsp3) is 0.519. The Morgan fingerprint density at radius 2 is 1.71 bits per heavy atom. The summed E-state index contributed by atoms with van der Waals surface area (Å²) in [6.07, 6.45) is 4.74. The highest BCUT2D eigenvalue weighted by atomic mass is 35.5. The normalized spacial score (nSPS) is 19.4. The summed E-state index contributed by atoms with van der Waals surface area (Å²) in [4.78, 5) is 17.3. The number of piperidine rings is 2. The summed E-state index contributed by atoms with van der Waals surface area (Å²) in [7, 11) is 1.43. The summed E-state index contributed by atoms with van der Waals surface area (Å²) in [5.74, 6) is 0.811. The van der Waals surface area contributed by atoms with Crippen LogP contribution in [0.15, 0.2) is 42.5 Å². The summed E-state index contributed by atoms with van der Waals surface area (Å²) < 4.78 is 24.5. The van der Waals surface area contributed by atoms with E-state index in [0.29, 0.717) is 28.1 Å². The van der Waals surface area contributed by atoms with Gasteiger partial charge in [-0.3, -0.25) is 9.69 Å². The standard InChI is InChI=1S/C27H33Cl2FN2O3/c1-34-27(33)25(16-19-2-5-22(30)6-3-19)32-14-8-20(9-15-32)18-31-12-10-23(11-13-31)35-26-7-4-21(28)17-24(26)29/h2-7,17,20,23,25H,8-16,18H2,1H3/t25-/m0/s1. The van der Waals surface area contributed by atoms with Crippen molar-refractivity contribution in [2.45, 2.75) is 44.2 Å². The van der Waals surface area contributed by atoms with Crippen LogP contribution in [0.5, 0.6) is 5.75 Å². The minimum absolute atomic E-state index is 0.166. The summed E-state index contributed by atoms with van der Waals surface area (Å²) in [6.45, 7) is 4.81. The molecule has 0 radical (unpaired) electrons. The molecule has 0 saturated carbocycles. The van der Waals surface area contributed by atoms with Crippen LogP contribution in [-0.2, 0) is 16.0 Å². The third kappa shape index (κ3) is 7.32. The zero-order valence-electron chi connectivity index (χ0n) is 20.1. The van der Waals surface area contributed by atoms with Crippen molar-refractivity contribution >= 4 is 29.2 Å². The number of methoxy groups -OCH3 is 1. The Labute approximate surface area is 217 Å². The first-order chi connectivity index (χ1) is 16.9. The average Bonchev–Trinajstić information content (AvgIpc) is 2.86. The molecule has 0 unspecified atom stereocenters. The van der Waals surface area contributed by atoms with Gasteiger partial charge >= 0.3 is 5.97 Å². The Balaban J connectivity index is 1.22. The highest BCUT2D eigenvalue weighted by Gasteiger charge is 2.32. The molecule has 190 valence electrons. The van der Waals surface area contributed by atoms with E-state index < -0.39 is 0 Å². The molecule has 0 aromatic heterocycles. The number of benzene rings is 2. The molecule has 2 aliphatic rings. The largest absolute Gasteiger partial charge is 0.489 e. The Kier molecular flexibility index (Phi) is 9.28. The van der Waals surface area contributed by atoms with Crippen LogP contribution in [-0.4, -0.2) is 67.7 Å². The number of ether oxygens (including phenoxy) is 2. The van der Waals surface area contributed by atoms with Crippen molar-refractivity contribution in [3.05, 3.63) is 63.9 Å². The van der Waals surface area contributed by atoms with E-state index in [4.69, 9.17) is 32.7 Å². The first kappa shape index (κ1) is 26.2. The number of hydrogen-bond acceptors (Lipinski definition) is 5. The van der Waals surface area contributed by atoms with Gasteiger partial charge in [0.2, 0.25) is 0 Å². The molecule has 2 saturated heterocycles. The molecule has 8 heteroatoms. The van der Waals surface area contributed by atoms with Crippen molar-refractivity contribution in [2.75, 3.05) is 39.8 Å². The van der Waals surface area contributed by atoms with E-state index in [1.807, 2.05) is 6.07 Å². The van der Waals surface area contributed by atoms with Crippen LogP contribution in [0.4, 0.5) is 4.39 Å². The lowest BCUT2D eigenvalue weighted by Gasteiger charge is -2.39. The lowest BCUT2D eigenvalue weighted by molar-refractivity contribution is -0.147. The Morgan fingerprint density at radius 1 is 1.03 bits per heavy atom. The molecular formula is C27H33Cl2FN2O3. The lowest BCUT2D eigenvalue weighted by Crippen LogP contribution is -2.49. The van der Waals surface area contributed by atoms with E-state index in [1.165, 1.54) is 19.2 Å². The Hall–Kier alpha value is -1.86. The predicted octanol–water partition coefficient (Wildman–Crippen LogP) is 5.47. The SMILES string of the molecule is COC(=O)[C@H](Cc1ccc(F)cc1)N1CCC(CN2CCC(Oc3ccc(Cl)cc3Cl)CC2)CC1. The summed E-state index contributed by atoms with van der Waals surface area (Å²) in [6, 6.07) is 11.4. The van der Waals surface area contributed by atoms with Gasteiger partial charge in [-0.2, -0.15) is 0 Å². The van der Waals surface area contributed by atoms with Gasteiger partial charge in [-0.05, 0) is 87.0 Å². The summed E-state index contributed by atoms with van der Waals surface area (Å²) in [5.41, 5.74) is 0.939. The van der Waals surface area contributed by atoms with Gasteiger partial charge in [0, 0.05) is 24.7 Å². The Bertz CT molecular complexity index is 975. The van der Waals surface area contributed by atoms with Gasteiger partial charge in [0.05, 0.1) is 12.1 Å². The zero-order chi connectivity index (χ0) is 24.8. The first-order valence-corrected chi connectivity index (χ1v) is 13.1. The molecule has 5 nitrogen and oxygen atoms in total. The fourth-order valence-corrected chi connectivity index (χ4v) is 5.57. The molecule has 2 heterocycles. The smallest absolute Gasteiger partial charge is 0.323 e. The Morgan fingerprint density at radius 3 is 2.34 bits per heavy atom. The monoisotopic (exact) mass is 522 g/mol. The van der Waals surface area contributed by atoms with Crippen LogP contribution in [0.25, 0.3) is 0 Å². The van der Waals surface area contributed by atoms with Crippen molar-refractivity contribution in [2.24, 2.45) is 5.92 Å². The molecule has 2 aromatic carbocycles. The molecule has 2 aromatic rings. The first-order valence-electron chi connectivity index (χ1n) is 12.3. The topological polar surface area (TPSA) is 42.0 Å². The average molecular weight is 523 g/mol. The minimum Gasteiger partial charge on any atom is -0.489 e. The number of carbonyl (C=O) groups is 1. The molecule has 0 bridgehead atoms. The lowest BCUT2D eigenvalue weighted by atomic mass is 9.93. The summed E-state index contributed by atoms with van der Waals surface area (Å²) in [5, 5.41) is 1.16. The van der Waals surface area contributed by atoms with Crippen LogP contribution in [0.1, 0.15) is 31.2 Å². The molecule has 1 atom stereocenters. The van der Waals surface area contributed by atoms with Crippen LogP contribution in [0.3, 0.4) is 0 Å². The van der Waals surface area contributed by atoms with Crippen molar-refractivity contribution in [1.82, 2.24) is 9.80 Å². The van der Waals surface area contributed by atoms with E-state index in [9.17, 15) is 9.18 Å². The molecule has 0 aliphatic carbocycles. The number of esters is 1. The zero-order valence-corrected chi connectivity index (χ0v) is 21.6.